The molecule has 2 N–H and O–H groups in total. The van der Waals surface area contributed by atoms with Crippen molar-refractivity contribution in [2.75, 3.05) is 0 Å². The van der Waals surface area contributed by atoms with Crippen LogP contribution >= 0.6 is 15.9 Å². The number of hydrogen-bond acceptors (Lipinski definition) is 2. The fourth-order valence-electron chi connectivity index (χ4n) is 1.59. The number of phenols is 1. The van der Waals surface area contributed by atoms with Gasteiger partial charge in [0.15, 0.2) is 0 Å². The van der Waals surface area contributed by atoms with Crippen molar-refractivity contribution in [3.05, 3.63) is 64.1 Å². The van der Waals surface area contributed by atoms with Crippen molar-refractivity contribution in [3.8, 4) is 5.75 Å². The minimum absolute atomic E-state index is 0.147. The lowest BCUT2D eigenvalue weighted by molar-refractivity contribution is 0.0950. The second-order valence-corrected chi connectivity index (χ2v) is 4.69. The van der Waals surface area contributed by atoms with Crippen LogP contribution in [-0.4, -0.2) is 11.0 Å². The summed E-state index contributed by atoms with van der Waals surface area (Å²) in [6.45, 7) is 0.383. The van der Waals surface area contributed by atoms with Crippen molar-refractivity contribution in [1.82, 2.24) is 5.32 Å². The molecule has 0 saturated carbocycles. The zero-order valence-electron chi connectivity index (χ0n) is 9.56. The van der Waals surface area contributed by atoms with Crippen LogP contribution in [-0.2, 0) is 6.54 Å². The normalized spacial score (nSPS) is 10.1. The second-order valence-electron chi connectivity index (χ2n) is 3.83. The molecule has 2 aromatic carbocycles. The highest BCUT2D eigenvalue weighted by molar-refractivity contribution is 9.10. The fraction of sp³-hybridized carbons (Fsp3) is 0.0714. The van der Waals surface area contributed by atoms with Crippen molar-refractivity contribution in [2.24, 2.45) is 0 Å². The second kappa shape index (κ2) is 5.69. The summed E-state index contributed by atoms with van der Waals surface area (Å²) in [4.78, 5) is 11.9. The van der Waals surface area contributed by atoms with Gasteiger partial charge in [-0.1, -0.05) is 24.3 Å². The van der Waals surface area contributed by atoms with Gasteiger partial charge in [-0.15, -0.1) is 0 Å². The molecule has 0 aliphatic carbocycles. The van der Waals surface area contributed by atoms with Gasteiger partial charge in [0.05, 0.1) is 5.56 Å². The highest BCUT2D eigenvalue weighted by atomic mass is 79.9. The maximum Gasteiger partial charge on any atom is 0.252 e. The molecule has 0 fully saturated rings. The van der Waals surface area contributed by atoms with E-state index in [4.69, 9.17) is 0 Å². The SMILES string of the molecule is O=C(NCc1cccc(O)c1)c1ccccc1Br. The maximum atomic E-state index is 11.9. The van der Waals surface area contributed by atoms with Gasteiger partial charge in [-0.2, -0.15) is 0 Å². The van der Waals surface area contributed by atoms with Crippen LogP contribution in [0.2, 0.25) is 0 Å². The van der Waals surface area contributed by atoms with Gasteiger partial charge in [-0.25, -0.2) is 0 Å². The molecule has 2 rings (SSSR count). The Morgan fingerprint density at radius 2 is 1.94 bits per heavy atom. The molecule has 0 atom stereocenters. The molecule has 0 spiro atoms. The number of aromatic hydroxyl groups is 1. The largest absolute Gasteiger partial charge is 0.508 e. The highest BCUT2D eigenvalue weighted by Gasteiger charge is 2.08. The van der Waals surface area contributed by atoms with Crippen molar-refractivity contribution in [1.29, 1.82) is 0 Å². The molecule has 0 aromatic heterocycles. The van der Waals surface area contributed by atoms with Crippen LogP contribution in [0.25, 0.3) is 0 Å². The fourth-order valence-corrected chi connectivity index (χ4v) is 2.05. The summed E-state index contributed by atoms with van der Waals surface area (Å²) in [6, 6.07) is 14.1. The van der Waals surface area contributed by atoms with E-state index in [2.05, 4.69) is 21.2 Å². The standard InChI is InChI=1S/C14H12BrNO2/c15-13-7-2-1-6-12(13)14(18)16-9-10-4-3-5-11(17)8-10/h1-8,17H,9H2,(H,16,18). The third-order valence-corrected chi connectivity index (χ3v) is 3.17. The molecule has 0 bridgehead atoms. The van der Waals surface area contributed by atoms with E-state index in [0.717, 1.165) is 10.0 Å². The van der Waals surface area contributed by atoms with Gasteiger partial charge in [0.25, 0.3) is 5.91 Å². The Kier molecular flexibility index (Phi) is 3.99. The minimum atomic E-state index is -0.147. The van der Waals surface area contributed by atoms with E-state index in [-0.39, 0.29) is 11.7 Å². The third-order valence-electron chi connectivity index (χ3n) is 2.48. The third kappa shape index (κ3) is 3.11. The lowest BCUT2D eigenvalue weighted by atomic mass is 10.2. The van der Waals surface area contributed by atoms with Crippen LogP contribution in [0, 0.1) is 0 Å². The number of halogens is 1. The van der Waals surface area contributed by atoms with Crippen LogP contribution in [0.15, 0.2) is 53.0 Å². The lowest BCUT2D eigenvalue weighted by Gasteiger charge is -2.07. The van der Waals surface area contributed by atoms with Gasteiger partial charge in [-0.05, 0) is 45.8 Å². The van der Waals surface area contributed by atoms with Crippen LogP contribution in [0.4, 0.5) is 0 Å². The Labute approximate surface area is 114 Å². The number of nitrogens with one attached hydrogen (secondary N) is 1. The van der Waals surface area contributed by atoms with E-state index in [1.807, 2.05) is 24.3 Å². The minimum Gasteiger partial charge on any atom is -0.508 e. The average Bonchev–Trinajstić information content (AvgIpc) is 2.37. The number of carbonyl (C=O) groups is 1. The molecule has 1 amide bonds. The van der Waals surface area contributed by atoms with Crippen molar-refractivity contribution in [2.45, 2.75) is 6.54 Å². The Hall–Kier alpha value is -1.81. The van der Waals surface area contributed by atoms with E-state index in [9.17, 15) is 9.90 Å². The van der Waals surface area contributed by atoms with Gasteiger partial charge in [0.1, 0.15) is 5.75 Å². The molecule has 3 nitrogen and oxygen atoms in total. The first-order valence-corrected chi connectivity index (χ1v) is 6.27. The summed E-state index contributed by atoms with van der Waals surface area (Å²) in [7, 11) is 0. The molecule has 0 aliphatic rings. The number of amides is 1. The monoisotopic (exact) mass is 305 g/mol. The predicted molar refractivity (Wildman–Crippen MR) is 73.4 cm³/mol. The molecule has 0 unspecified atom stereocenters. The molecule has 0 radical (unpaired) electrons. The van der Waals surface area contributed by atoms with Gasteiger partial charge < -0.3 is 10.4 Å². The van der Waals surface area contributed by atoms with Crippen molar-refractivity contribution < 1.29 is 9.90 Å². The van der Waals surface area contributed by atoms with E-state index in [0.29, 0.717) is 12.1 Å². The van der Waals surface area contributed by atoms with Crippen LogP contribution in [0.5, 0.6) is 5.75 Å². The highest BCUT2D eigenvalue weighted by Crippen LogP contribution is 2.16. The maximum absolute atomic E-state index is 11.9. The molecule has 0 heterocycles. The molecule has 0 aliphatic heterocycles. The zero-order chi connectivity index (χ0) is 13.0. The summed E-state index contributed by atoms with van der Waals surface area (Å²) in [5.74, 6) is 0.0495. The van der Waals surface area contributed by atoms with Gasteiger partial charge in [-0.3, -0.25) is 4.79 Å². The van der Waals surface area contributed by atoms with Crippen LogP contribution in [0.1, 0.15) is 15.9 Å². The molecule has 4 heteroatoms. The smallest absolute Gasteiger partial charge is 0.252 e. The number of hydrogen-bond donors (Lipinski definition) is 2. The summed E-state index contributed by atoms with van der Waals surface area (Å²) in [6.07, 6.45) is 0. The average molecular weight is 306 g/mol. The first kappa shape index (κ1) is 12.6. The Morgan fingerprint density at radius 1 is 1.17 bits per heavy atom. The number of rotatable bonds is 3. The van der Waals surface area contributed by atoms with Crippen molar-refractivity contribution >= 4 is 21.8 Å². The molecular formula is C14H12BrNO2. The van der Waals surface area contributed by atoms with E-state index < -0.39 is 0 Å². The van der Waals surface area contributed by atoms with E-state index >= 15 is 0 Å². The van der Waals surface area contributed by atoms with Gasteiger partial charge in [0, 0.05) is 11.0 Å². The summed E-state index contributed by atoms with van der Waals surface area (Å²) in [5, 5.41) is 12.1. The van der Waals surface area contributed by atoms with Crippen LogP contribution in [0.3, 0.4) is 0 Å². The Bertz CT molecular complexity index is 569. The van der Waals surface area contributed by atoms with Crippen LogP contribution < -0.4 is 5.32 Å². The quantitative estimate of drug-likeness (QED) is 0.915. The van der Waals surface area contributed by atoms with E-state index in [1.165, 1.54) is 0 Å². The Morgan fingerprint density at radius 3 is 2.67 bits per heavy atom. The number of phenolic OH excluding ortho intramolecular Hbond substituents is 1. The summed E-state index contributed by atoms with van der Waals surface area (Å²) >= 11 is 3.33. The molecule has 0 saturated heterocycles. The first-order valence-electron chi connectivity index (χ1n) is 5.47. The molecule has 18 heavy (non-hydrogen) atoms. The summed E-state index contributed by atoms with van der Waals surface area (Å²) < 4.78 is 0.762. The number of benzene rings is 2. The van der Waals surface area contributed by atoms with Gasteiger partial charge in [0.2, 0.25) is 0 Å². The molecule has 2 aromatic rings. The lowest BCUT2D eigenvalue weighted by Crippen LogP contribution is -2.23. The Balaban J connectivity index is 2.03. The number of carbonyl (C=O) groups excluding carboxylic acids is 1. The van der Waals surface area contributed by atoms with Gasteiger partial charge >= 0.3 is 0 Å². The topological polar surface area (TPSA) is 49.3 Å². The summed E-state index contributed by atoms with van der Waals surface area (Å²) in [5.41, 5.74) is 1.45. The van der Waals surface area contributed by atoms with E-state index in [1.54, 1.807) is 24.3 Å². The zero-order valence-corrected chi connectivity index (χ0v) is 11.1. The molecule has 92 valence electrons. The first-order chi connectivity index (χ1) is 8.66. The van der Waals surface area contributed by atoms with Crippen molar-refractivity contribution in [3.63, 3.8) is 0 Å². The predicted octanol–water partition coefficient (Wildman–Crippen LogP) is 3.08. The molecular weight excluding hydrogens is 294 g/mol.